The first-order valence-electron chi connectivity index (χ1n) is 14.2. The topological polar surface area (TPSA) is 75.6 Å². The van der Waals surface area contributed by atoms with E-state index in [0.717, 1.165) is 44.8 Å². The van der Waals surface area contributed by atoms with Crippen LogP contribution in [0.4, 0.5) is 18.9 Å². The number of nitrogens with one attached hydrogen (secondary N) is 2. The number of piperidine rings is 1. The summed E-state index contributed by atoms with van der Waals surface area (Å²) in [6.07, 6.45) is 2.76. The molecular weight excluding hydrogens is 521 g/mol. The van der Waals surface area contributed by atoms with Gasteiger partial charge in [0.1, 0.15) is 0 Å². The Morgan fingerprint density at radius 3 is 2.58 bits per heavy atom. The standard InChI is InChI=1S/C30H39F3N4O3/c1-19-22(6-4-7-24(19)30(31,32)33)20(2)34-28(39)23-17-37(21-9-14-40-15-10-21)27(38)16-25(23)35-26-8-12-29(26)11-5-13-36(3)18-29/h4,6-7,16-17,20-21,26,35H,5,8-15,18H2,1-3H3,(H,34,39)/t20-,26+,29+/m1/s1. The number of ether oxygens (including phenoxy) is 1. The molecule has 2 aliphatic heterocycles. The summed E-state index contributed by atoms with van der Waals surface area (Å²) in [6.45, 7) is 6.23. The normalized spacial score (nSPS) is 24.9. The molecular formula is C30H39F3N4O3. The third kappa shape index (κ3) is 5.65. The van der Waals surface area contributed by atoms with Crippen molar-refractivity contribution in [2.45, 2.75) is 76.7 Å². The number of carbonyl (C=O) groups excluding carboxylic acids is 1. The molecule has 1 aromatic heterocycles. The van der Waals surface area contributed by atoms with E-state index in [0.29, 0.717) is 42.9 Å². The van der Waals surface area contributed by atoms with Crippen molar-refractivity contribution >= 4 is 11.6 Å². The van der Waals surface area contributed by atoms with Gasteiger partial charge in [0, 0.05) is 49.5 Å². The minimum atomic E-state index is -4.48. The summed E-state index contributed by atoms with van der Waals surface area (Å²) in [5, 5.41) is 6.47. The Morgan fingerprint density at radius 2 is 1.93 bits per heavy atom. The highest BCUT2D eigenvalue weighted by Gasteiger charge is 2.48. The van der Waals surface area contributed by atoms with E-state index >= 15 is 0 Å². The van der Waals surface area contributed by atoms with Gasteiger partial charge in [0.2, 0.25) is 0 Å². The van der Waals surface area contributed by atoms with E-state index in [2.05, 4.69) is 22.6 Å². The summed E-state index contributed by atoms with van der Waals surface area (Å²) in [5.41, 5.74) is 0.518. The lowest BCUT2D eigenvalue weighted by Crippen LogP contribution is -2.57. The predicted octanol–water partition coefficient (Wildman–Crippen LogP) is 5.30. The van der Waals surface area contributed by atoms with Crippen LogP contribution in [0.15, 0.2) is 35.3 Å². The first-order valence-corrected chi connectivity index (χ1v) is 14.2. The number of rotatable bonds is 6. The third-order valence-corrected chi connectivity index (χ3v) is 9.20. The van der Waals surface area contributed by atoms with Gasteiger partial charge in [0.15, 0.2) is 0 Å². The van der Waals surface area contributed by atoms with Crippen molar-refractivity contribution in [1.82, 2.24) is 14.8 Å². The fourth-order valence-corrected chi connectivity index (χ4v) is 6.87. The largest absolute Gasteiger partial charge is 0.416 e. The van der Waals surface area contributed by atoms with Crippen LogP contribution < -0.4 is 16.2 Å². The zero-order valence-electron chi connectivity index (χ0n) is 23.4. The minimum Gasteiger partial charge on any atom is -0.381 e. The lowest BCUT2D eigenvalue weighted by molar-refractivity contribution is -0.138. The Labute approximate surface area is 233 Å². The van der Waals surface area contributed by atoms with Crippen molar-refractivity contribution in [3.05, 3.63) is 63.1 Å². The molecule has 1 saturated carbocycles. The van der Waals surface area contributed by atoms with Crippen molar-refractivity contribution in [3.63, 3.8) is 0 Å². The van der Waals surface area contributed by atoms with Crippen molar-refractivity contribution in [2.24, 2.45) is 5.41 Å². The van der Waals surface area contributed by atoms with Crippen LogP contribution in [0.3, 0.4) is 0 Å². The zero-order valence-corrected chi connectivity index (χ0v) is 23.4. The van der Waals surface area contributed by atoms with E-state index in [9.17, 15) is 22.8 Å². The lowest BCUT2D eigenvalue weighted by Gasteiger charge is -2.54. The molecule has 2 N–H and O–H groups in total. The molecule has 3 atom stereocenters. The van der Waals surface area contributed by atoms with Gasteiger partial charge in [-0.3, -0.25) is 9.59 Å². The second-order valence-electron chi connectivity index (χ2n) is 11.8. The van der Waals surface area contributed by atoms with Crippen LogP contribution in [0.1, 0.15) is 84.6 Å². The van der Waals surface area contributed by atoms with Crippen LogP contribution in [0.25, 0.3) is 0 Å². The van der Waals surface area contributed by atoms with E-state index in [1.54, 1.807) is 23.8 Å². The number of benzene rings is 1. The Morgan fingerprint density at radius 1 is 1.18 bits per heavy atom. The first-order chi connectivity index (χ1) is 19.0. The molecule has 1 aromatic carbocycles. The minimum absolute atomic E-state index is 0.0768. The Balaban J connectivity index is 1.45. The summed E-state index contributed by atoms with van der Waals surface area (Å²) in [7, 11) is 2.13. The predicted molar refractivity (Wildman–Crippen MR) is 148 cm³/mol. The number of hydrogen-bond donors (Lipinski definition) is 2. The molecule has 3 aliphatic rings. The van der Waals surface area contributed by atoms with Crippen LogP contribution in [0, 0.1) is 12.3 Å². The average molecular weight is 561 g/mol. The summed E-state index contributed by atoms with van der Waals surface area (Å²) in [6, 6.07) is 4.93. The van der Waals surface area contributed by atoms with Crippen LogP contribution in [-0.4, -0.2) is 54.8 Å². The van der Waals surface area contributed by atoms with Gasteiger partial charge in [-0.25, -0.2) is 0 Å². The number of alkyl halides is 3. The van der Waals surface area contributed by atoms with Gasteiger partial charge in [0.25, 0.3) is 11.5 Å². The Kier molecular flexibility index (Phi) is 8.03. The van der Waals surface area contributed by atoms with Gasteiger partial charge < -0.3 is 24.8 Å². The first kappa shape index (κ1) is 28.7. The number of likely N-dealkylation sites (tertiary alicyclic amines) is 1. The van der Waals surface area contributed by atoms with Gasteiger partial charge >= 0.3 is 6.18 Å². The number of hydrogen-bond acceptors (Lipinski definition) is 5. The molecule has 1 aliphatic carbocycles. The molecule has 1 spiro atoms. The number of nitrogens with zero attached hydrogens (tertiary/aromatic N) is 2. The van der Waals surface area contributed by atoms with Crippen molar-refractivity contribution < 1.29 is 22.7 Å². The molecule has 3 heterocycles. The number of aromatic nitrogens is 1. The molecule has 2 aromatic rings. The summed E-state index contributed by atoms with van der Waals surface area (Å²) in [4.78, 5) is 29.4. The average Bonchev–Trinajstić information content (AvgIpc) is 2.91. The number of amides is 1. The molecule has 3 fully saturated rings. The molecule has 0 radical (unpaired) electrons. The van der Waals surface area contributed by atoms with Crippen molar-refractivity contribution in [1.29, 1.82) is 0 Å². The van der Waals surface area contributed by atoms with Crippen LogP contribution >= 0.6 is 0 Å². The van der Waals surface area contributed by atoms with Crippen LogP contribution in [0.5, 0.6) is 0 Å². The molecule has 40 heavy (non-hydrogen) atoms. The van der Waals surface area contributed by atoms with Crippen LogP contribution in [0.2, 0.25) is 0 Å². The maximum atomic E-state index is 13.8. The summed E-state index contributed by atoms with van der Waals surface area (Å²) >= 11 is 0. The summed E-state index contributed by atoms with van der Waals surface area (Å²) < 4.78 is 47.7. The highest BCUT2D eigenvalue weighted by molar-refractivity contribution is 5.99. The van der Waals surface area contributed by atoms with Gasteiger partial charge in [-0.2, -0.15) is 13.2 Å². The quantitative estimate of drug-likeness (QED) is 0.501. The second-order valence-corrected chi connectivity index (χ2v) is 11.8. The highest BCUT2D eigenvalue weighted by Crippen LogP contribution is 2.49. The molecule has 1 amide bonds. The summed E-state index contributed by atoms with van der Waals surface area (Å²) in [5.74, 6) is -0.429. The van der Waals surface area contributed by atoms with Gasteiger partial charge in [-0.05, 0) is 83.2 Å². The molecule has 5 rings (SSSR count). The smallest absolute Gasteiger partial charge is 0.381 e. The van der Waals surface area contributed by atoms with E-state index in [4.69, 9.17) is 4.74 Å². The second kappa shape index (κ2) is 11.2. The Hall–Kier alpha value is -2.85. The van der Waals surface area contributed by atoms with Gasteiger partial charge in [-0.1, -0.05) is 12.1 Å². The SMILES string of the molecule is Cc1c([C@@H](C)NC(=O)c2cn(C3CCOCC3)c(=O)cc2N[C@H]2CC[C@]23CCCN(C)C3)cccc1C(F)(F)F. The molecule has 0 unspecified atom stereocenters. The monoisotopic (exact) mass is 560 g/mol. The third-order valence-electron chi connectivity index (χ3n) is 9.20. The maximum absolute atomic E-state index is 13.8. The van der Waals surface area contributed by atoms with Crippen LogP contribution in [-0.2, 0) is 10.9 Å². The molecule has 2 saturated heterocycles. The van der Waals surface area contributed by atoms with Gasteiger partial charge in [-0.15, -0.1) is 0 Å². The van der Waals surface area contributed by atoms with Crippen molar-refractivity contribution in [2.75, 3.05) is 38.7 Å². The molecule has 7 nitrogen and oxygen atoms in total. The number of halogens is 3. The number of carbonyl (C=O) groups is 1. The fraction of sp³-hybridized carbons (Fsp3) is 0.600. The molecule has 0 bridgehead atoms. The van der Waals surface area contributed by atoms with E-state index < -0.39 is 23.7 Å². The fourth-order valence-electron chi connectivity index (χ4n) is 6.87. The Bertz CT molecular complexity index is 1300. The van der Waals surface area contributed by atoms with Crippen molar-refractivity contribution in [3.8, 4) is 0 Å². The molecule has 10 heteroatoms. The molecule has 218 valence electrons. The van der Waals surface area contributed by atoms with E-state index in [1.165, 1.54) is 19.1 Å². The zero-order chi connectivity index (χ0) is 28.7. The van der Waals surface area contributed by atoms with Gasteiger partial charge in [0.05, 0.1) is 22.9 Å². The van der Waals surface area contributed by atoms with E-state index in [1.807, 2.05) is 0 Å². The highest BCUT2D eigenvalue weighted by atomic mass is 19.4. The lowest BCUT2D eigenvalue weighted by atomic mass is 9.60. The van der Waals surface area contributed by atoms with E-state index in [-0.39, 0.29) is 28.6 Å². The maximum Gasteiger partial charge on any atom is 0.416 e. The number of pyridine rings is 1. The number of anilines is 1.